The fraction of sp³-hybridized carbons (Fsp3) is 0.273. The second kappa shape index (κ2) is 5.19. The van der Waals surface area contributed by atoms with E-state index in [9.17, 15) is 9.59 Å². The molecule has 2 aromatic rings. The Labute approximate surface area is 112 Å². The van der Waals surface area contributed by atoms with Crippen molar-refractivity contribution in [3.8, 4) is 0 Å². The third-order valence-corrected chi connectivity index (χ3v) is 3.43. The van der Waals surface area contributed by atoms with E-state index in [0.29, 0.717) is 10.7 Å². The summed E-state index contributed by atoms with van der Waals surface area (Å²) in [7, 11) is 0. The number of nitrogens with one attached hydrogen (secondary N) is 1. The first-order valence-electron chi connectivity index (χ1n) is 5.45. The van der Waals surface area contributed by atoms with Gasteiger partial charge in [-0.25, -0.2) is 4.98 Å². The number of amides is 1. The van der Waals surface area contributed by atoms with E-state index in [0.717, 1.165) is 10.6 Å². The van der Waals surface area contributed by atoms with Gasteiger partial charge in [0.25, 0.3) is 5.91 Å². The summed E-state index contributed by atoms with van der Waals surface area (Å²) in [4.78, 5) is 27.6. The van der Waals surface area contributed by atoms with E-state index < -0.39 is 5.97 Å². The predicted octanol–water partition coefficient (Wildman–Crippen LogP) is 1.29. The van der Waals surface area contributed by atoms with Crippen molar-refractivity contribution in [3.63, 3.8) is 0 Å². The van der Waals surface area contributed by atoms with Crippen LogP contribution in [0.3, 0.4) is 0 Å². The molecule has 2 aromatic heterocycles. The average molecular weight is 280 g/mol. The lowest BCUT2D eigenvalue weighted by molar-refractivity contribution is -0.137. The van der Waals surface area contributed by atoms with Gasteiger partial charge in [0, 0.05) is 11.1 Å². The zero-order valence-corrected chi connectivity index (χ0v) is 11.2. The summed E-state index contributed by atoms with van der Waals surface area (Å²) in [6, 6.07) is 0. The Balaban J connectivity index is 2.07. The topological polar surface area (TPSA) is 97.1 Å². The number of aliphatic carboxylic acids is 1. The molecule has 0 saturated heterocycles. The smallest absolute Gasteiger partial charge is 0.325 e. The minimum Gasteiger partial charge on any atom is -0.480 e. The van der Waals surface area contributed by atoms with Crippen LogP contribution in [-0.2, 0) is 11.3 Å². The zero-order valence-electron chi connectivity index (χ0n) is 10.4. The van der Waals surface area contributed by atoms with Crippen LogP contribution in [0.5, 0.6) is 0 Å². The number of thiazole rings is 1. The lowest BCUT2D eigenvalue weighted by atomic mass is 10.3. The predicted molar refractivity (Wildman–Crippen MR) is 69.4 cm³/mol. The van der Waals surface area contributed by atoms with Gasteiger partial charge in [0.1, 0.15) is 6.54 Å². The Hall–Kier alpha value is -2.22. The molecule has 0 radical (unpaired) electrons. The summed E-state index contributed by atoms with van der Waals surface area (Å²) in [5.74, 6) is -1.37. The number of carboxylic acid groups (broad SMARTS) is 1. The van der Waals surface area contributed by atoms with E-state index in [1.54, 1.807) is 0 Å². The molecule has 0 fully saturated rings. The fourth-order valence-electron chi connectivity index (χ4n) is 1.40. The lowest BCUT2D eigenvalue weighted by Gasteiger charge is -1.97. The Bertz CT molecular complexity index is 612. The highest BCUT2D eigenvalue weighted by Crippen LogP contribution is 2.21. The number of aromatic nitrogens is 3. The Morgan fingerprint density at radius 1 is 1.47 bits per heavy atom. The van der Waals surface area contributed by atoms with Crippen LogP contribution >= 0.6 is 11.3 Å². The number of hydrogen-bond acceptors (Lipinski definition) is 5. The standard InChI is InChI=1S/C11H12N4O3S/c1-6-7(2)19-11(13-6)14-10(18)8-3-12-15(4-8)5-9(16)17/h3-4H,5H2,1-2H3,(H,16,17)(H,13,14,18). The molecule has 2 heterocycles. The van der Waals surface area contributed by atoms with Crippen LogP contribution in [-0.4, -0.2) is 31.7 Å². The van der Waals surface area contributed by atoms with Gasteiger partial charge in [0.2, 0.25) is 0 Å². The maximum Gasteiger partial charge on any atom is 0.325 e. The first kappa shape index (κ1) is 13.2. The summed E-state index contributed by atoms with van der Waals surface area (Å²) in [6.07, 6.45) is 2.71. The van der Waals surface area contributed by atoms with Gasteiger partial charge in [-0.05, 0) is 13.8 Å². The van der Waals surface area contributed by atoms with Crippen molar-refractivity contribution >= 4 is 28.3 Å². The van der Waals surface area contributed by atoms with Crippen LogP contribution in [0.2, 0.25) is 0 Å². The molecular weight excluding hydrogens is 268 g/mol. The van der Waals surface area contributed by atoms with Crippen LogP contribution in [0, 0.1) is 13.8 Å². The minimum atomic E-state index is -1.01. The molecule has 0 spiro atoms. The zero-order chi connectivity index (χ0) is 14.0. The molecular formula is C11H12N4O3S. The van der Waals surface area contributed by atoms with E-state index in [-0.39, 0.29) is 12.5 Å². The van der Waals surface area contributed by atoms with E-state index in [1.165, 1.54) is 28.4 Å². The minimum absolute atomic E-state index is 0.275. The van der Waals surface area contributed by atoms with Crippen LogP contribution in [0.1, 0.15) is 20.9 Å². The SMILES string of the molecule is Cc1nc(NC(=O)c2cnn(CC(=O)O)c2)sc1C. The molecule has 2 rings (SSSR count). The molecule has 1 amide bonds. The van der Waals surface area contributed by atoms with Crippen molar-refractivity contribution in [1.82, 2.24) is 14.8 Å². The van der Waals surface area contributed by atoms with Crippen molar-refractivity contribution in [2.75, 3.05) is 5.32 Å². The van der Waals surface area contributed by atoms with Crippen molar-refractivity contribution < 1.29 is 14.7 Å². The number of hydrogen-bond donors (Lipinski definition) is 2. The molecule has 0 unspecified atom stereocenters. The number of rotatable bonds is 4. The maximum absolute atomic E-state index is 11.9. The van der Waals surface area contributed by atoms with E-state index in [1.807, 2.05) is 13.8 Å². The first-order valence-corrected chi connectivity index (χ1v) is 6.27. The largest absolute Gasteiger partial charge is 0.480 e. The van der Waals surface area contributed by atoms with Crippen LogP contribution in [0.15, 0.2) is 12.4 Å². The van der Waals surface area contributed by atoms with Crippen LogP contribution in [0.4, 0.5) is 5.13 Å². The molecule has 7 nitrogen and oxygen atoms in total. The number of carbonyl (C=O) groups is 2. The molecule has 0 aliphatic carbocycles. The molecule has 19 heavy (non-hydrogen) atoms. The molecule has 0 aliphatic heterocycles. The van der Waals surface area contributed by atoms with Gasteiger partial charge in [-0.15, -0.1) is 11.3 Å². The normalized spacial score (nSPS) is 10.4. The van der Waals surface area contributed by atoms with Gasteiger partial charge in [-0.2, -0.15) is 5.10 Å². The average Bonchev–Trinajstić information content (AvgIpc) is 2.86. The molecule has 8 heteroatoms. The van der Waals surface area contributed by atoms with Gasteiger partial charge in [-0.1, -0.05) is 0 Å². The molecule has 0 aliphatic rings. The number of carbonyl (C=O) groups excluding carboxylic acids is 1. The number of anilines is 1. The quantitative estimate of drug-likeness (QED) is 0.879. The molecule has 0 aromatic carbocycles. The highest BCUT2D eigenvalue weighted by atomic mass is 32.1. The third-order valence-electron chi connectivity index (χ3n) is 2.44. The highest BCUT2D eigenvalue weighted by Gasteiger charge is 2.12. The van der Waals surface area contributed by atoms with Crippen LogP contribution < -0.4 is 5.32 Å². The van der Waals surface area contributed by atoms with Crippen molar-refractivity contribution in [2.24, 2.45) is 0 Å². The van der Waals surface area contributed by atoms with Gasteiger partial charge in [0.15, 0.2) is 5.13 Å². The summed E-state index contributed by atoms with van der Waals surface area (Å²) < 4.78 is 1.19. The summed E-state index contributed by atoms with van der Waals surface area (Å²) in [5.41, 5.74) is 1.17. The number of nitrogens with zero attached hydrogens (tertiary/aromatic N) is 3. The molecule has 100 valence electrons. The van der Waals surface area contributed by atoms with Crippen molar-refractivity contribution in [3.05, 3.63) is 28.5 Å². The number of carboxylic acids is 1. The van der Waals surface area contributed by atoms with Gasteiger partial charge < -0.3 is 5.11 Å². The molecule has 0 atom stereocenters. The lowest BCUT2D eigenvalue weighted by Crippen LogP contribution is -2.12. The van der Waals surface area contributed by atoms with E-state index in [2.05, 4.69) is 15.4 Å². The fourth-order valence-corrected chi connectivity index (χ4v) is 2.21. The van der Waals surface area contributed by atoms with Crippen molar-refractivity contribution in [1.29, 1.82) is 0 Å². The summed E-state index contributed by atoms with van der Waals surface area (Å²) >= 11 is 1.39. The van der Waals surface area contributed by atoms with Crippen molar-refractivity contribution in [2.45, 2.75) is 20.4 Å². The highest BCUT2D eigenvalue weighted by molar-refractivity contribution is 7.15. The van der Waals surface area contributed by atoms with Crippen LogP contribution in [0.25, 0.3) is 0 Å². The second-order valence-corrected chi connectivity index (χ2v) is 5.14. The van der Waals surface area contributed by atoms with Gasteiger partial charge in [0.05, 0.1) is 17.5 Å². The third kappa shape index (κ3) is 3.16. The Morgan fingerprint density at radius 3 is 2.79 bits per heavy atom. The monoisotopic (exact) mass is 280 g/mol. The Morgan fingerprint density at radius 2 is 2.21 bits per heavy atom. The summed E-state index contributed by atoms with van der Waals surface area (Å²) in [5, 5.41) is 15.6. The Kier molecular flexibility index (Phi) is 3.61. The molecule has 0 saturated carbocycles. The first-order chi connectivity index (χ1) is 8.95. The van der Waals surface area contributed by atoms with Gasteiger partial charge in [-0.3, -0.25) is 19.6 Å². The van der Waals surface area contributed by atoms with Gasteiger partial charge >= 0.3 is 5.97 Å². The number of aryl methyl sites for hydroxylation is 2. The summed E-state index contributed by atoms with van der Waals surface area (Å²) in [6.45, 7) is 3.52. The van der Waals surface area contributed by atoms with E-state index >= 15 is 0 Å². The second-order valence-electron chi connectivity index (χ2n) is 3.94. The maximum atomic E-state index is 11.9. The molecule has 2 N–H and O–H groups in total. The van der Waals surface area contributed by atoms with E-state index in [4.69, 9.17) is 5.11 Å². The molecule has 0 bridgehead atoms.